The van der Waals surface area contributed by atoms with Crippen LogP contribution in [-0.4, -0.2) is 25.4 Å². The van der Waals surface area contributed by atoms with Crippen molar-refractivity contribution in [3.63, 3.8) is 0 Å². The highest BCUT2D eigenvalue weighted by molar-refractivity contribution is 14.2. The van der Waals surface area contributed by atoms with E-state index in [0.29, 0.717) is 19.6 Å². The van der Waals surface area contributed by atoms with Crippen molar-refractivity contribution >= 4 is 63.5 Å². The molecule has 204 valence electrons. The van der Waals surface area contributed by atoms with Gasteiger partial charge in [-0.2, -0.15) is 0 Å². The van der Waals surface area contributed by atoms with Gasteiger partial charge in [-0.05, 0) is 106 Å². The highest BCUT2D eigenvalue weighted by Gasteiger charge is 2.15. The first-order valence-electron chi connectivity index (χ1n) is 13.2. The van der Waals surface area contributed by atoms with Crippen LogP contribution in [0.1, 0.15) is 67.9 Å². The molecule has 0 aromatic heterocycles. The number of esters is 1. The van der Waals surface area contributed by atoms with Crippen molar-refractivity contribution in [3.05, 3.63) is 101 Å². The van der Waals surface area contributed by atoms with E-state index in [1.54, 1.807) is 13.0 Å². The summed E-state index contributed by atoms with van der Waals surface area (Å²) in [5.74, 6) is 0.518. The SMILES string of the molecule is CCCCOc1cccc(/C(CC)=C(\c2ccc(/C=C/C(=O)OCC)cc2)c2ccc(NPI)c(C=N)c2)c1. The molecule has 0 bridgehead atoms. The van der Waals surface area contributed by atoms with Crippen LogP contribution in [0.25, 0.3) is 17.2 Å². The van der Waals surface area contributed by atoms with Gasteiger partial charge in [0.1, 0.15) is 5.75 Å². The number of halogens is 1. The summed E-state index contributed by atoms with van der Waals surface area (Å²) in [6, 6.07) is 22.7. The predicted molar refractivity (Wildman–Crippen MR) is 175 cm³/mol. The monoisotopic (exact) mass is 654 g/mol. The van der Waals surface area contributed by atoms with Crippen LogP contribution in [0.5, 0.6) is 5.75 Å². The van der Waals surface area contributed by atoms with Crippen LogP contribution >= 0.6 is 28.4 Å². The molecule has 0 heterocycles. The number of hydrogen-bond donors (Lipinski definition) is 2. The average molecular weight is 655 g/mol. The zero-order valence-corrected chi connectivity index (χ0v) is 25.9. The van der Waals surface area contributed by atoms with Gasteiger partial charge in [0.15, 0.2) is 0 Å². The lowest BCUT2D eigenvalue weighted by atomic mass is 9.87. The molecular formula is C32H36IN2O3P. The normalized spacial score (nSPS) is 12.0. The highest BCUT2D eigenvalue weighted by Crippen LogP contribution is 2.37. The molecule has 0 aliphatic heterocycles. The fourth-order valence-corrected chi connectivity index (χ4v) is 5.47. The third-order valence-electron chi connectivity index (χ3n) is 6.18. The molecular weight excluding hydrogens is 618 g/mol. The second kappa shape index (κ2) is 16.2. The molecule has 0 fully saturated rings. The first-order chi connectivity index (χ1) is 19.0. The van der Waals surface area contributed by atoms with Crippen molar-refractivity contribution in [1.29, 1.82) is 5.41 Å². The van der Waals surface area contributed by atoms with E-state index in [4.69, 9.17) is 14.9 Å². The lowest BCUT2D eigenvalue weighted by molar-refractivity contribution is -0.137. The lowest BCUT2D eigenvalue weighted by Gasteiger charge is -2.19. The number of hydrogen-bond acceptors (Lipinski definition) is 5. The van der Waals surface area contributed by atoms with E-state index < -0.39 is 0 Å². The molecule has 3 aromatic rings. The Morgan fingerprint density at radius 2 is 1.77 bits per heavy atom. The molecule has 1 atom stereocenters. The summed E-state index contributed by atoms with van der Waals surface area (Å²) in [4.78, 5) is 11.8. The maximum atomic E-state index is 11.8. The zero-order chi connectivity index (χ0) is 28.0. The Balaban J connectivity index is 2.14. The summed E-state index contributed by atoms with van der Waals surface area (Å²) in [5, 5.41) is 11.4. The second-order valence-corrected chi connectivity index (χ2v) is 10.9. The van der Waals surface area contributed by atoms with E-state index >= 15 is 0 Å². The highest BCUT2D eigenvalue weighted by atomic mass is 127. The van der Waals surface area contributed by atoms with Gasteiger partial charge >= 0.3 is 5.97 Å². The van der Waals surface area contributed by atoms with Crippen LogP contribution in [0.4, 0.5) is 5.69 Å². The number of nitrogens with one attached hydrogen (secondary N) is 2. The number of ether oxygens (including phenoxy) is 2. The second-order valence-electron chi connectivity index (χ2n) is 8.81. The van der Waals surface area contributed by atoms with Gasteiger partial charge in [-0.1, -0.05) is 62.7 Å². The predicted octanol–water partition coefficient (Wildman–Crippen LogP) is 9.16. The van der Waals surface area contributed by atoms with E-state index in [1.807, 2.05) is 24.3 Å². The minimum atomic E-state index is -0.351. The Bertz CT molecular complexity index is 1320. The topological polar surface area (TPSA) is 71.4 Å². The Morgan fingerprint density at radius 1 is 1.00 bits per heavy atom. The zero-order valence-electron chi connectivity index (χ0n) is 22.7. The molecule has 2 N–H and O–H groups in total. The minimum Gasteiger partial charge on any atom is -0.494 e. The Morgan fingerprint density at radius 3 is 2.44 bits per heavy atom. The molecule has 0 radical (unpaired) electrons. The number of anilines is 1. The van der Waals surface area contributed by atoms with Crippen molar-refractivity contribution < 1.29 is 14.3 Å². The largest absolute Gasteiger partial charge is 0.494 e. The smallest absolute Gasteiger partial charge is 0.330 e. The van der Waals surface area contributed by atoms with Crippen molar-refractivity contribution in [2.24, 2.45) is 0 Å². The number of unbranched alkanes of at least 4 members (excludes halogenated alkanes) is 1. The number of carbonyl (C=O) groups excluding carboxylic acids is 1. The Hall–Kier alpha value is -2.96. The third kappa shape index (κ3) is 8.77. The third-order valence-corrected chi connectivity index (χ3v) is 7.35. The maximum absolute atomic E-state index is 11.8. The summed E-state index contributed by atoms with van der Waals surface area (Å²) in [6.07, 6.45) is 8.06. The molecule has 0 aliphatic rings. The summed E-state index contributed by atoms with van der Waals surface area (Å²) in [6.45, 7) is 7.17. The average Bonchev–Trinajstić information content (AvgIpc) is 2.96. The van der Waals surface area contributed by atoms with Gasteiger partial charge in [-0.15, -0.1) is 0 Å². The van der Waals surface area contributed by atoms with Crippen molar-refractivity contribution in [1.82, 2.24) is 0 Å². The van der Waals surface area contributed by atoms with Gasteiger partial charge < -0.3 is 20.0 Å². The molecule has 0 aliphatic carbocycles. The van der Waals surface area contributed by atoms with E-state index in [1.165, 1.54) is 17.9 Å². The fraction of sp³-hybridized carbons (Fsp3) is 0.250. The van der Waals surface area contributed by atoms with E-state index in [2.05, 4.69) is 83.4 Å². The summed E-state index contributed by atoms with van der Waals surface area (Å²) < 4.78 is 11.0. The lowest BCUT2D eigenvalue weighted by Crippen LogP contribution is -2.00. The van der Waals surface area contributed by atoms with Gasteiger partial charge in [0, 0.05) is 29.9 Å². The first-order valence-corrected chi connectivity index (χ1v) is 17.3. The molecule has 0 spiro atoms. The molecule has 5 nitrogen and oxygen atoms in total. The molecule has 0 amide bonds. The first kappa shape index (κ1) is 30.6. The molecule has 7 heteroatoms. The number of rotatable bonds is 14. The Labute approximate surface area is 246 Å². The van der Waals surface area contributed by atoms with Gasteiger partial charge in [-0.25, -0.2) is 4.79 Å². The van der Waals surface area contributed by atoms with Crippen LogP contribution < -0.4 is 9.82 Å². The molecule has 1 unspecified atom stereocenters. The molecule has 39 heavy (non-hydrogen) atoms. The fourth-order valence-electron chi connectivity index (χ4n) is 4.27. The van der Waals surface area contributed by atoms with Crippen LogP contribution in [0.15, 0.2) is 72.8 Å². The van der Waals surface area contributed by atoms with Crippen LogP contribution in [0, 0.1) is 5.41 Å². The van der Waals surface area contributed by atoms with Crippen molar-refractivity contribution in [3.8, 4) is 5.75 Å². The summed E-state index contributed by atoms with van der Waals surface area (Å²) in [7, 11) is 0. The summed E-state index contributed by atoms with van der Waals surface area (Å²) in [5.41, 5.74) is 8.22. The molecule has 0 saturated carbocycles. The quantitative estimate of drug-likeness (QED) is 0.0346. The van der Waals surface area contributed by atoms with Crippen molar-refractivity contribution in [2.45, 2.75) is 40.0 Å². The molecule has 3 aromatic carbocycles. The van der Waals surface area contributed by atoms with Crippen LogP contribution in [0.3, 0.4) is 0 Å². The molecule has 0 saturated heterocycles. The molecule has 3 rings (SSSR count). The van der Waals surface area contributed by atoms with Gasteiger partial charge in [-0.3, -0.25) is 0 Å². The van der Waals surface area contributed by atoms with Crippen molar-refractivity contribution in [2.75, 3.05) is 18.3 Å². The number of carbonyl (C=O) groups is 1. The van der Waals surface area contributed by atoms with Gasteiger partial charge in [0.05, 0.1) is 13.2 Å². The maximum Gasteiger partial charge on any atom is 0.330 e. The van der Waals surface area contributed by atoms with E-state index in [0.717, 1.165) is 64.1 Å². The summed E-state index contributed by atoms with van der Waals surface area (Å²) >= 11 is 2.30. The van der Waals surface area contributed by atoms with Gasteiger partial charge in [0.25, 0.3) is 0 Å². The van der Waals surface area contributed by atoms with Crippen LogP contribution in [0.2, 0.25) is 0 Å². The minimum absolute atomic E-state index is 0.351. The standard InChI is InChI=1S/C32H36IN2O3P/c1-4-7-19-38-28-10-8-9-25(21-28)29(5-2)32(26-16-17-30(35-39-33)27(20-26)22-34)24-14-11-23(12-15-24)13-18-31(36)37-6-3/h8-18,20-22,34-35,39H,4-7,19H2,1-3H3/b18-13+,32-29+,34-22?. The van der Waals surface area contributed by atoms with E-state index in [-0.39, 0.29) is 5.97 Å². The van der Waals surface area contributed by atoms with Crippen LogP contribution in [-0.2, 0) is 9.53 Å². The number of benzene rings is 3. The Kier molecular flexibility index (Phi) is 12.7. The van der Waals surface area contributed by atoms with Gasteiger partial charge in [0.2, 0.25) is 0 Å². The van der Waals surface area contributed by atoms with E-state index in [9.17, 15) is 4.79 Å². The number of allylic oxidation sites excluding steroid dienone is 1.